The number of nitrogens with one attached hydrogen (secondary N) is 1. The Labute approximate surface area is 90.6 Å². The average molecular weight is 215 g/mol. The molecule has 3 rings (SSSR count). The van der Waals surface area contributed by atoms with Gasteiger partial charge in [0.15, 0.2) is 0 Å². The maximum atomic E-state index is 5.86. The monoisotopic (exact) mass is 215 g/mol. The van der Waals surface area contributed by atoms with Gasteiger partial charge >= 0.3 is 0 Å². The van der Waals surface area contributed by atoms with Crippen molar-refractivity contribution in [3.05, 3.63) is 36.0 Å². The van der Waals surface area contributed by atoms with Crippen LogP contribution < -0.4 is 5.73 Å². The normalized spacial score (nSPS) is 10.9. The average Bonchev–Trinajstić information content (AvgIpc) is 2.83. The van der Waals surface area contributed by atoms with E-state index >= 15 is 0 Å². The van der Waals surface area contributed by atoms with E-state index in [2.05, 4.69) is 16.0 Å². The number of nitrogens with zero attached hydrogens (tertiary/aromatic N) is 1. The maximum Gasteiger partial charge on any atom is 0.114 e. The van der Waals surface area contributed by atoms with E-state index in [9.17, 15) is 0 Å². The van der Waals surface area contributed by atoms with E-state index in [-0.39, 0.29) is 0 Å². The van der Waals surface area contributed by atoms with Crippen molar-refractivity contribution in [1.29, 1.82) is 0 Å². The summed E-state index contributed by atoms with van der Waals surface area (Å²) in [7, 11) is 0. The molecule has 3 N–H and O–H groups in total. The first-order chi connectivity index (χ1) is 7.36. The predicted octanol–water partition coefficient (Wildman–Crippen LogP) is 2.87. The van der Waals surface area contributed by atoms with Crippen LogP contribution in [0.2, 0.25) is 0 Å². The Morgan fingerprint density at radius 2 is 2.13 bits per heavy atom. The highest BCUT2D eigenvalue weighted by Gasteiger charge is 2.10. The van der Waals surface area contributed by atoms with Gasteiger partial charge in [0.2, 0.25) is 0 Å². The molecule has 1 aromatic carbocycles. The highest BCUT2D eigenvalue weighted by Crippen LogP contribution is 2.32. The van der Waals surface area contributed by atoms with Crippen LogP contribution in [0.3, 0.4) is 0 Å². The second-order valence-corrected chi connectivity index (χ2v) is 4.20. The molecule has 0 amide bonds. The number of anilines is 1. The van der Waals surface area contributed by atoms with E-state index in [1.54, 1.807) is 5.51 Å². The fourth-order valence-electron chi connectivity index (χ4n) is 1.72. The quantitative estimate of drug-likeness (QED) is 0.655. The van der Waals surface area contributed by atoms with E-state index in [1.165, 1.54) is 11.3 Å². The number of hydrogen-bond acceptors (Lipinski definition) is 3. The van der Waals surface area contributed by atoms with Crippen molar-refractivity contribution in [1.82, 2.24) is 9.97 Å². The molecule has 0 saturated carbocycles. The zero-order valence-electron chi connectivity index (χ0n) is 7.90. The van der Waals surface area contributed by atoms with Gasteiger partial charge in [0, 0.05) is 22.7 Å². The van der Waals surface area contributed by atoms with E-state index < -0.39 is 0 Å². The van der Waals surface area contributed by atoms with Crippen LogP contribution in [0.25, 0.3) is 22.2 Å². The molecule has 0 atom stereocenters. The van der Waals surface area contributed by atoms with Crippen LogP contribution in [-0.2, 0) is 0 Å². The molecule has 3 aromatic rings. The predicted molar refractivity (Wildman–Crippen MR) is 63.8 cm³/mol. The van der Waals surface area contributed by atoms with Gasteiger partial charge in [-0.3, -0.25) is 0 Å². The molecule has 0 aliphatic rings. The molecular weight excluding hydrogens is 206 g/mol. The fourth-order valence-corrected chi connectivity index (χ4v) is 2.27. The number of nitrogens with two attached hydrogens (primary N) is 1. The van der Waals surface area contributed by atoms with E-state index in [1.807, 2.05) is 24.4 Å². The first kappa shape index (κ1) is 8.49. The lowest BCUT2D eigenvalue weighted by atomic mass is 10.1. The van der Waals surface area contributed by atoms with Crippen LogP contribution in [0.15, 0.2) is 36.0 Å². The molecule has 0 bridgehead atoms. The summed E-state index contributed by atoms with van der Waals surface area (Å²) in [5.74, 6) is 0. The molecule has 2 heterocycles. The molecule has 0 unspecified atom stereocenters. The third kappa shape index (κ3) is 1.22. The molecular formula is C11H9N3S. The zero-order chi connectivity index (χ0) is 10.3. The van der Waals surface area contributed by atoms with Gasteiger partial charge < -0.3 is 10.7 Å². The lowest BCUT2D eigenvalue weighted by molar-refractivity contribution is 1.41. The van der Waals surface area contributed by atoms with Gasteiger partial charge in [-0.1, -0.05) is 18.2 Å². The maximum absolute atomic E-state index is 5.86. The van der Waals surface area contributed by atoms with Crippen molar-refractivity contribution in [2.24, 2.45) is 0 Å². The van der Waals surface area contributed by atoms with E-state index in [0.29, 0.717) is 0 Å². The number of fused-ring (bicyclic) bond motifs is 1. The second-order valence-electron chi connectivity index (χ2n) is 3.31. The van der Waals surface area contributed by atoms with Gasteiger partial charge in [-0.15, -0.1) is 11.3 Å². The highest BCUT2D eigenvalue weighted by molar-refractivity contribution is 7.14. The molecule has 0 saturated heterocycles. The third-order valence-corrected chi connectivity index (χ3v) is 3.10. The van der Waals surface area contributed by atoms with E-state index in [4.69, 9.17) is 5.73 Å². The van der Waals surface area contributed by atoms with Gasteiger partial charge in [0.25, 0.3) is 0 Å². The highest BCUT2D eigenvalue weighted by atomic mass is 32.1. The summed E-state index contributed by atoms with van der Waals surface area (Å²) in [6.45, 7) is 0. The Kier molecular flexibility index (Phi) is 1.76. The number of thiazole rings is 1. The molecule has 0 radical (unpaired) electrons. The molecule has 15 heavy (non-hydrogen) atoms. The first-order valence-electron chi connectivity index (χ1n) is 4.62. The van der Waals surface area contributed by atoms with Crippen LogP contribution in [0, 0.1) is 0 Å². The number of para-hydroxylation sites is 1. The minimum Gasteiger partial charge on any atom is -0.389 e. The van der Waals surface area contributed by atoms with Crippen molar-refractivity contribution in [3.63, 3.8) is 0 Å². The Balaban J connectivity index is 2.32. The van der Waals surface area contributed by atoms with Crippen LogP contribution in [-0.4, -0.2) is 9.97 Å². The van der Waals surface area contributed by atoms with Crippen molar-refractivity contribution in [2.45, 2.75) is 0 Å². The summed E-state index contributed by atoms with van der Waals surface area (Å²) in [6.07, 6.45) is 1.95. The van der Waals surface area contributed by atoms with Gasteiger partial charge in [0.05, 0.1) is 5.51 Å². The van der Waals surface area contributed by atoms with Gasteiger partial charge in [0.1, 0.15) is 10.7 Å². The molecule has 4 heteroatoms. The number of aromatic nitrogens is 2. The van der Waals surface area contributed by atoms with Crippen LogP contribution in [0.4, 0.5) is 5.00 Å². The Hall–Kier alpha value is -1.81. The van der Waals surface area contributed by atoms with Gasteiger partial charge in [-0.2, -0.15) is 0 Å². The molecule has 0 aliphatic carbocycles. The van der Waals surface area contributed by atoms with Crippen molar-refractivity contribution in [2.75, 3.05) is 5.73 Å². The minimum absolute atomic E-state index is 0.764. The number of nitrogen functional groups attached to an aromatic ring is 1. The Morgan fingerprint density at radius 1 is 1.27 bits per heavy atom. The van der Waals surface area contributed by atoms with E-state index in [0.717, 1.165) is 27.2 Å². The summed E-state index contributed by atoms with van der Waals surface area (Å²) in [5.41, 5.74) is 10.7. The molecule has 0 aliphatic heterocycles. The van der Waals surface area contributed by atoms with Crippen LogP contribution in [0.1, 0.15) is 0 Å². The third-order valence-electron chi connectivity index (χ3n) is 2.44. The lowest BCUT2D eigenvalue weighted by Gasteiger charge is -1.95. The summed E-state index contributed by atoms with van der Waals surface area (Å²) >= 11 is 1.46. The lowest BCUT2D eigenvalue weighted by Crippen LogP contribution is -1.84. The molecule has 0 fully saturated rings. The van der Waals surface area contributed by atoms with Gasteiger partial charge in [-0.05, 0) is 6.07 Å². The summed E-state index contributed by atoms with van der Waals surface area (Å²) in [5, 5.41) is 1.93. The second kappa shape index (κ2) is 3.10. The minimum atomic E-state index is 0.764. The van der Waals surface area contributed by atoms with Gasteiger partial charge in [-0.25, -0.2) is 4.98 Å². The number of benzene rings is 1. The van der Waals surface area contributed by atoms with Crippen LogP contribution in [0.5, 0.6) is 0 Å². The van der Waals surface area contributed by atoms with Crippen LogP contribution >= 0.6 is 11.3 Å². The summed E-state index contributed by atoms with van der Waals surface area (Å²) in [6, 6.07) is 8.14. The van der Waals surface area contributed by atoms with Crippen molar-refractivity contribution >= 4 is 27.2 Å². The van der Waals surface area contributed by atoms with Crippen molar-refractivity contribution in [3.8, 4) is 11.3 Å². The fraction of sp³-hybridized carbons (Fsp3) is 0. The summed E-state index contributed by atoms with van der Waals surface area (Å²) < 4.78 is 0. The number of hydrogen-bond donors (Lipinski definition) is 2. The largest absolute Gasteiger partial charge is 0.389 e. The molecule has 74 valence electrons. The smallest absolute Gasteiger partial charge is 0.114 e. The Morgan fingerprint density at radius 3 is 2.93 bits per heavy atom. The van der Waals surface area contributed by atoms with Crippen molar-refractivity contribution < 1.29 is 0 Å². The molecule has 2 aromatic heterocycles. The standard InChI is InChI=1S/C11H9N3S/c12-11-10(14-6-15-11)8-5-13-9-4-2-1-3-7(8)9/h1-6,13H,12H2. The number of H-pyrrole nitrogens is 1. The molecule has 0 spiro atoms. The number of aromatic amines is 1. The zero-order valence-corrected chi connectivity index (χ0v) is 8.71. The Bertz CT molecular complexity index is 609. The number of rotatable bonds is 1. The topological polar surface area (TPSA) is 54.7 Å². The molecule has 3 nitrogen and oxygen atoms in total. The summed E-state index contributed by atoms with van der Waals surface area (Å²) in [4.78, 5) is 7.49. The first-order valence-corrected chi connectivity index (χ1v) is 5.49. The SMILES string of the molecule is Nc1scnc1-c1c[nH]c2ccccc12.